The van der Waals surface area contributed by atoms with Crippen molar-refractivity contribution >= 4 is 11.6 Å². The molecular weight excluding hydrogens is 262 g/mol. The lowest BCUT2D eigenvalue weighted by Crippen LogP contribution is -2.22. The zero-order chi connectivity index (χ0) is 14.0. The third kappa shape index (κ3) is 2.46. The molecule has 0 amide bonds. The smallest absolute Gasteiger partial charge is 0.161 e. The number of aryl methyl sites for hydroxylation is 1. The van der Waals surface area contributed by atoms with Crippen LogP contribution in [0.1, 0.15) is 22.9 Å². The van der Waals surface area contributed by atoms with E-state index in [0.29, 0.717) is 0 Å². The molecule has 1 unspecified atom stereocenters. The van der Waals surface area contributed by atoms with Crippen LogP contribution in [0.25, 0.3) is 0 Å². The topological polar surface area (TPSA) is 39.1 Å². The third-order valence-corrected chi connectivity index (χ3v) is 3.76. The van der Waals surface area contributed by atoms with E-state index in [1.54, 1.807) is 13.3 Å². The number of halogens is 1. The van der Waals surface area contributed by atoms with Gasteiger partial charge in [0.05, 0.1) is 19.3 Å². The van der Waals surface area contributed by atoms with E-state index < -0.39 is 0 Å². The van der Waals surface area contributed by atoms with Gasteiger partial charge in [0, 0.05) is 12.1 Å². The molecule has 0 saturated heterocycles. The zero-order valence-corrected chi connectivity index (χ0v) is 12.3. The van der Waals surface area contributed by atoms with Crippen LogP contribution in [0.15, 0.2) is 24.4 Å². The van der Waals surface area contributed by atoms with E-state index in [2.05, 4.69) is 16.5 Å². The summed E-state index contributed by atoms with van der Waals surface area (Å²) in [6.45, 7) is 2.02. The number of benzene rings is 1. The van der Waals surface area contributed by atoms with Crippen molar-refractivity contribution in [2.45, 2.75) is 13.0 Å². The van der Waals surface area contributed by atoms with Gasteiger partial charge >= 0.3 is 0 Å². The summed E-state index contributed by atoms with van der Waals surface area (Å²) in [5.41, 5.74) is 3.17. The fourth-order valence-electron chi connectivity index (χ4n) is 2.29. The van der Waals surface area contributed by atoms with Crippen LogP contribution in [-0.4, -0.2) is 23.9 Å². The van der Waals surface area contributed by atoms with Gasteiger partial charge < -0.3 is 10.1 Å². The Morgan fingerprint density at radius 1 is 1.42 bits per heavy atom. The second-order valence-electron chi connectivity index (χ2n) is 4.40. The number of aromatic nitrogens is 2. The van der Waals surface area contributed by atoms with Crippen LogP contribution in [0, 0.1) is 6.92 Å². The third-order valence-electron chi connectivity index (χ3n) is 3.35. The van der Waals surface area contributed by atoms with Crippen LogP contribution < -0.4 is 10.1 Å². The Balaban J connectivity index is 2.56. The van der Waals surface area contributed by atoms with Gasteiger partial charge in [0.2, 0.25) is 0 Å². The molecule has 0 fully saturated rings. The first kappa shape index (κ1) is 13.9. The molecule has 1 aromatic carbocycles. The van der Waals surface area contributed by atoms with E-state index >= 15 is 0 Å². The Morgan fingerprint density at radius 2 is 2.16 bits per heavy atom. The van der Waals surface area contributed by atoms with Gasteiger partial charge in [-0.2, -0.15) is 5.10 Å². The Kier molecular flexibility index (Phi) is 4.12. The minimum Gasteiger partial charge on any atom is -0.493 e. The van der Waals surface area contributed by atoms with Crippen molar-refractivity contribution in [3.8, 4) is 5.75 Å². The molecule has 2 aromatic rings. The molecule has 19 heavy (non-hydrogen) atoms. The molecule has 1 aromatic heterocycles. The zero-order valence-electron chi connectivity index (χ0n) is 11.6. The van der Waals surface area contributed by atoms with E-state index in [1.807, 2.05) is 37.8 Å². The van der Waals surface area contributed by atoms with Gasteiger partial charge in [-0.3, -0.25) is 4.68 Å². The lowest BCUT2D eigenvalue weighted by Gasteiger charge is -2.21. The Bertz CT molecular complexity index is 580. The van der Waals surface area contributed by atoms with Crippen LogP contribution in [0.2, 0.25) is 5.02 Å². The number of methoxy groups -OCH3 is 1. The molecule has 4 nitrogen and oxygen atoms in total. The van der Waals surface area contributed by atoms with Crippen molar-refractivity contribution in [1.29, 1.82) is 0 Å². The predicted molar refractivity (Wildman–Crippen MR) is 76.9 cm³/mol. The van der Waals surface area contributed by atoms with Crippen molar-refractivity contribution in [2.24, 2.45) is 7.05 Å². The van der Waals surface area contributed by atoms with E-state index in [4.69, 9.17) is 16.3 Å². The predicted octanol–water partition coefficient (Wildman–Crippen LogP) is 2.70. The molecule has 0 aliphatic heterocycles. The van der Waals surface area contributed by atoms with Gasteiger partial charge in [-0.25, -0.2) is 0 Å². The van der Waals surface area contributed by atoms with Gasteiger partial charge in [-0.15, -0.1) is 0 Å². The number of rotatable bonds is 4. The maximum Gasteiger partial charge on any atom is 0.161 e. The molecule has 0 saturated carbocycles. The summed E-state index contributed by atoms with van der Waals surface area (Å²) in [5, 5.41) is 8.32. The minimum absolute atomic E-state index is 0.0128. The monoisotopic (exact) mass is 279 g/mol. The summed E-state index contributed by atoms with van der Waals surface area (Å²) in [6, 6.07) is 5.90. The molecule has 0 radical (unpaired) electrons. The van der Waals surface area contributed by atoms with Crippen molar-refractivity contribution in [1.82, 2.24) is 15.1 Å². The SMILES string of the molecule is CNC(c1cccc(Cl)c1C)c1c(OC)cnn1C. The van der Waals surface area contributed by atoms with Crippen LogP contribution in [0.5, 0.6) is 5.75 Å². The second kappa shape index (κ2) is 5.63. The molecule has 102 valence electrons. The lowest BCUT2D eigenvalue weighted by atomic mass is 9.98. The molecule has 1 N–H and O–H groups in total. The van der Waals surface area contributed by atoms with Crippen molar-refractivity contribution in [3.63, 3.8) is 0 Å². The Hall–Kier alpha value is -1.52. The van der Waals surface area contributed by atoms with Crippen LogP contribution >= 0.6 is 11.6 Å². The summed E-state index contributed by atoms with van der Waals surface area (Å²) in [5.74, 6) is 0.765. The number of hydrogen-bond acceptors (Lipinski definition) is 3. The largest absolute Gasteiger partial charge is 0.493 e. The molecule has 0 spiro atoms. The first-order chi connectivity index (χ1) is 9.10. The van der Waals surface area contributed by atoms with Gasteiger partial charge in [-0.1, -0.05) is 23.7 Å². The van der Waals surface area contributed by atoms with Crippen molar-refractivity contribution < 1.29 is 4.74 Å². The van der Waals surface area contributed by atoms with E-state index in [-0.39, 0.29) is 6.04 Å². The average molecular weight is 280 g/mol. The molecule has 1 heterocycles. The van der Waals surface area contributed by atoms with Crippen LogP contribution in [0.4, 0.5) is 0 Å². The number of hydrogen-bond donors (Lipinski definition) is 1. The fraction of sp³-hybridized carbons (Fsp3) is 0.357. The normalized spacial score (nSPS) is 12.5. The van der Waals surface area contributed by atoms with Crippen LogP contribution in [0.3, 0.4) is 0 Å². The summed E-state index contributed by atoms with van der Waals surface area (Å²) in [4.78, 5) is 0. The van der Waals surface area contributed by atoms with E-state index in [0.717, 1.165) is 27.6 Å². The van der Waals surface area contributed by atoms with Gasteiger partial charge in [0.25, 0.3) is 0 Å². The molecular formula is C14H18ClN3O. The standard InChI is InChI=1S/C14H18ClN3O/c1-9-10(6-5-7-11(9)15)13(16-2)14-12(19-4)8-17-18(14)3/h5-8,13,16H,1-4H3. The summed E-state index contributed by atoms with van der Waals surface area (Å²) < 4.78 is 7.20. The van der Waals surface area contributed by atoms with Crippen molar-refractivity contribution in [2.75, 3.05) is 14.2 Å². The summed E-state index contributed by atoms with van der Waals surface area (Å²) in [6.07, 6.45) is 1.72. The highest BCUT2D eigenvalue weighted by atomic mass is 35.5. The van der Waals surface area contributed by atoms with Crippen LogP contribution in [-0.2, 0) is 7.05 Å². The highest BCUT2D eigenvalue weighted by molar-refractivity contribution is 6.31. The maximum absolute atomic E-state index is 6.21. The molecule has 5 heteroatoms. The quantitative estimate of drug-likeness (QED) is 0.935. The Labute approximate surface area is 118 Å². The summed E-state index contributed by atoms with van der Waals surface area (Å²) in [7, 11) is 5.47. The van der Waals surface area contributed by atoms with E-state index in [9.17, 15) is 0 Å². The average Bonchev–Trinajstić information content (AvgIpc) is 2.77. The number of nitrogens with one attached hydrogen (secondary N) is 1. The number of ether oxygens (including phenoxy) is 1. The molecule has 0 bridgehead atoms. The molecule has 2 rings (SSSR count). The second-order valence-corrected chi connectivity index (χ2v) is 4.80. The van der Waals surface area contributed by atoms with E-state index in [1.165, 1.54) is 0 Å². The maximum atomic E-state index is 6.21. The molecule has 0 aliphatic carbocycles. The lowest BCUT2D eigenvalue weighted by molar-refractivity contribution is 0.402. The Morgan fingerprint density at radius 3 is 2.79 bits per heavy atom. The van der Waals surface area contributed by atoms with Gasteiger partial charge in [0.1, 0.15) is 5.69 Å². The van der Waals surface area contributed by atoms with Gasteiger partial charge in [-0.05, 0) is 31.2 Å². The fourth-order valence-corrected chi connectivity index (χ4v) is 2.47. The first-order valence-electron chi connectivity index (χ1n) is 6.08. The molecule has 1 atom stereocenters. The molecule has 0 aliphatic rings. The van der Waals surface area contributed by atoms with Gasteiger partial charge in [0.15, 0.2) is 5.75 Å². The first-order valence-corrected chi connectivity index (χ1v) is 6.46. The highest BCUT2D eigenvalue weighted by Gasteiger charge is 2.22. The minimum atomic E-state index is -0.0128. The number of nitrogens with zero attached hydrogens (tertiary/aromatic N) is 2. The highest BCUT2D eigenvalue weighted by Crippen LogP contribution is 2.32. The van der Waals surface area contributed by atoms with Crippen molar-refractivity contribution in [3.05, 3.63) is 46.2 Å². The summed E-state index contributed by atoms with van der Waals surface area (Å²) >= 11 is 6.21.